The molecule has 0 bridgehead atoms. The Morgan fingerprint density at radius 3 is 2.31 bits per heavy atom. The van der Waals surface area contributed by atoms with Crippen LogP contribution in [0, 0.1) is 0 Å². The Morgan fingerprint density at radius 1 is 1.31 bits per heavy atom. The first kappa shape index (κ1) is 14.5. The molecule has 0 aromatic rings. The van der Waals surface area contributed by atoms with Crippen molar-refractivity contribution < 1.29 is 14.3 Å². The van der Waals surface area contributed by atoms with E-state index in [0.717, 1.165) is 0 Å². The zero-order valence-electron chi connectivity index (χ0n) is 10.5. The number of carbonyl (C=O) groups is 2. The molecule has 0 radical (unpaired) electrons. The number of likely N-dealkylation sites (N-methyl/N-ethyl adjacent to an activating group) is 1. The molecule has 5 nitrogen and oxygen atoms in total. The summed E-state index contributed by atoms with van der Waals surface area (Å²) in [5.41, 5.74) is -0.120. The lowest BCUT2D eigenvalue weighted by Gasteiger charge is -2.18. The third-order valence-corrected chi connectivity index (χ3v) is 1.50. The maximum Gasteiger partial charge on any atom is 0.411 e. The second-order valence-corrected chi connectivity index (χ2v) is 4.33. The summed E-state index contributed by atoms with van der Waals surface area (Å²) in [6.45, 7) is 9.30. The van der Waals surface area contributed by atoms with Crippen molar-refractivity contribution >= 4 is 12.0 Å². The molecule has 0 aromatic heterocycles. The molecule has 2 amide bonds. The number of carbonyl (C=O) groups excluding carboxylic acids is 2. The molecule has 0 aliphatic rings. The van der Waals surface area contributed by atoms with Crippen LogP contribution in [-0.4, -0.2) is 24.1 Å². The second kappa shape index (κ2) is 6.15. The van der Waals surface area contributed by atoms with E-state index in [0.29, 0.717) is 12.1 Å². The summed E-state index contributed by atoms with van der Waals surface area (Å²) < 4.78 is 5.00. The van der Waals surface area contributed by atoms with Gasteiger partial charge in [-0.05, 0) is 34.6 Å². The molecule has 0 aromatic carbocycles. The molecule has 0 rings (SSSR count). The molecule has 0 aliphatic carbocycles. The van der Waals surface area contributed by atoms with Gasteiger partial charge in [-0.1, -0.05) is 0 Å². The number of nitrogens with one attached hydrogen (secondary N) is 2. The summed E-state index contributed by atoms with van der Waals surface area (Å²) >= 11 is 0. The number of amides is 2. The Balaban J connectivity index is 4.17. The standard InChI is InChI=1S/C11H20N2O3/c1-6-12-9(14)8(2)7-13-10(15)16-11(3,4)5/h7H,6H2,1-5H3,(H,12,14)(H,13,15). The highest BCUT2D eigenvalue weighted by Gasteiger charge is 2.15. The van der Waals surface area contributed by atoms with Crippen molar-refractivity contribution in [1.82, 2.24) is 10.6 Å². The van der Waals surface area contributed by atoms with E-state index in [1.165, 1.54) is 6.20 Å². The summed E-state index contributed by atoms with van der Waals surface area (Å²) in [5, 5.41) is 5.01. The molecule has 0 unspecified atom stereocenters. The number of rotatable bonds is 3. The van der Waals surface area contributed by atoms with Crippen LogP contribution in [0.4, 0.5) is 4.79 Å². The summed E-state index contributed by atoms with van der Waals surface area (Å²) in [5.74, 6) is -0.210. The number of ether oxygens (including phenoxy) is 1. The molecule has 5 heteroatoms. The lowest BCUT2D eigenvalue weighted by Crippen LogP contribution is -2.31. The van der Waals surface area contributed by atoms with Crippen molar-refractivity contribution in [3.63, 3.8) is 0 Å². The molecule has 0 saturated heterocycles. The third-order valence-electron chi connectivity index (χ3n) is 1.50. The van der Waals surface area contributed by atoms with Crippen molar-refractivity contribution in [2.24, 2.45) is 0 Å². The zero-order chi connectivity index (χ0) is 12.8. The predicted molar refractivity (Wildman–Crippen MR) is 61.8 cm³/mol. The molecule has 0 aliphatic heterocycles. The van der Waals surface area contributed by atoms with Gasteiger partial charge in [0, 0.05) is 18.3 Å². The molecular weight excluding hydrogens is 208 g/mol. The Bertz CT molecular complexity index is 290. The lowest BCUT2D eigenvalue weighted by atomic mass is 10.2. The minimum Gasteiger partial charge on any atom is -0.444 e. The van der Waals surface area contributed by atoms with Gasteiger partial charge >= 0.3 is 6.09 Å². The normalized spacial score (nSPS) is 11.9. The lowest BCUT2D eigenvalue weighted by molar-refractivity contribution is -0.117. The first-order valence-electron chi connectivity index (χ1n) is 5.20. The van der Waals surface area contributed by atoms with Crippen LogP contribution in [0.25, 0.3) is 0 Å². The quantitative estimate of drug-likeness (QED) is 0.720. The van der Waals surface area contributed by atoms with Gasteiger partial charge in [-0.15, -0.1) is 0 Å². The average molecular weight is 228 g/mol. The Hall–Kier alpha value is -1.52. The Kier molecular flexibility index (Phi) is 5.56. The highest BCUT2D eigenvalue weighted by Crippen LogP contribution is 2.06. The predicted octanol–water partition coefficient (Wildman–Crippen LogP) is 1.55. The number of alkyl carbamates (subject to hydrolysis) is 1. The molecule has 0 fully saturated rings. The molecule has 2 N–H and O–H groups in total. The highest BCUT2D eigenvalue weighted by atomic mass is 16.6. The van der Waals surface area contributed by atoms with Crippen molar-refractivity contribution in [2.45, 2.75) is 40.2 Å². The van der Waals surface area contributed by atoms with Gasteiger partial charge in [-0.3, -0.25) is 10.1 Å². The zero-order valence-corrected chi connectivity index (χ0v) is 10.5. The van der Waals surface area contributed by atoms with Crippen LogP contribution in [0.2, 0.25) is 0 Å². The molecule has 92 valence electrons. The maximum absolute atomic E-state index is 11.3. The summed E-state index contributed by atoms with van der Waals surface area (Å²) in [6, 6.07) is 0. The first-order valence-corrected chi connectivity index (χ1v) is 5.20. The van der Waals surface area contributed by atoms with Gasteiger partial charge in [-0.25, -0.2) is 4.79 Å². The molecule has 0 atom stereocenters. The van der Waals surface area contributed by atoms with E-state index in [1.807, 2.05) is 6.92 Å². The molecule has 0 heterocycles. The number of hydrogen-bond acceptors (Lipinski definition) is 3. The van der Waals surface area contributed by atoms with E-state index in [9.17, 15) is 9.59 Å². The SMILES string of the molecule is CCNC(=O)C(C)=CNC(=O)OC(C)(C)C. The third kappa shape index (κ3) is 6.86. The largest absolute Gasteiger partial charge is 0.444 e. The summed E-state index contributed by atoms with van der Waals surface area (Å²) in [7, 11) is 0. The van der Waals surface area contributed by atoms with Gasteiger partial charge in [0.15, 0.2) is 0 Å². The fraction of sp³-hybridized carbons (Fsp3) is 0.636. The summed E-state index contributed by atoms with van der Waals surface area (Å²) in [6.07, 6.45) is 0.759. The molecule has 0 spiro atoms. The van der Waals surface area contributed by atoms with Crippen LogP contribution >= 0.6 is 0 Å². The minimum atomic E-state index is -0.573. The van der Waals surface area contributed by atoms with Gasteiger partial charge in [0.1, 0.15) is 5.60 Å². The van der Waals surface area contributed by atoms with E-state index >= 15 is 0 Å². The molecular formula is C11H20N2O3. The topological polar surface area (TPSA) is 67.4 Å². The van der Waals surface area contributed by atoms with Gasteiger partial charge in [0.2, 0.25) is 5.91 Å². The van der Waals surface area contributed by atoms with E-state index in [1.54, 1.807) is 27.7 Å². The van der Waals surface area contributed by atoms with Crippen molar-refractivity contribution in [1.29, 1.82) is 0 Å². The summed E-state index contributed by atoms with van der Waals surface area (Å²) in [4.78, 5) is 22.5. The first-order chi connectivity index (χ1) is 7.26. The minimum absolute atomic E-state index is 0.210. The Morgan fingerprint density at radius 2 is 1.88 bits per heavy atom. The van der Waals surface area contributed by atoms with E-state index < -0.39 is 11.7 Å². The van der Waals surface area contributed by atoms with Crippen molar-refractivity contribution in [2.75, 3.05) is 6.54 Å². The molecule has 16 heavy (non-hydrogen) atoms. The van der Waals surface area contributed by atoms with Crippen molar-refractivity contribution in [3.8, 4) is 0 Å². The van der Waals surface area contributed by atoms with Crippen molar-refractivity contribution in [3.05, 3.63) is 11.8 Å². The fourth-order valence-corrected chi connectivity index (χ4v) is 0.840. The fourth-order valence-electron chi connectivity index (χ4n) is 0.840. The Labute approximate surface area is 96.2 Å². The van der Waals surface area contributed by atoms with E-state index in [4.69, 9.17) is 4.74 Å². The van der Waals surface area contributed by atoms with Gasteiger partial charge < -0.3 is 10.1 Å². The van der Waals surface area contributed by atoms with Gasteiger partial charge in [0.05, 0.1) is 0 Å². The van der Waals surface area contributed by atoms with Crippen LogP contribution in [0.3, 0.4) is 0 Å². The number of hydrogen-bond donors (Lipinski definition) is 2. The monoisotopic (exact) mass is 228 g/mol. The van der Waals surface area contributed by atoms with Gasteiger partial charge in [0.25, 0.3) is 0 Å². The van der Waals surface area contributed by atoms with Crippen LogP contribution in [0.1, 0.15) is 34.6 Å². The van der Waals surface area contributed by atoms with Gasteiger partial charge in [-0.2, -0.15) is 0 Å². The maximum atomic E-state index is 11.3. The average Bonchev–Trinajstić information content (AvgIpc) is 2.11. The van der Waals surface area contributed by atoms with Crippen LogP contribution < -0.4 is 10.6 Å². The highest BCUT2D eigenvalue weighted by molar-refractivity contribution is 5.93. The smallest absolute Gasteiger partial charge is 0.411 e. The van der Waals surface area contributed by atoms with Crippen LogP contribution in [0.5, 0.6) is 0 Å². The van der Waals surface area contributed by atoms with E-state index in [-0.39, 0.29) is 5.91 Å². The van der Waals surface area contributed by atoms with Crippen LogP contribution in [0.15, 0.2) is 11.8 Å². The molecule has 0 saturated carbocycles. The second-order valence-electron chi connectivity index (χ2n) is 4.33. The van der Waals surface area contributed by atoms with E-state index in [2.05, 4.69) is 10.6 Å². The van der Waals surface area contributed by atoms with Crippen LogP contribution in [-0.2, 0) is 9.53 Å².